The van der Waals surface area contributed by atoms with Gasteiger partial charge in [0.2, 0.25) is 0 Å². The van der Waals surface area contributed by atoms with Gasteiger partial charge in [-0.1, -0.05) is 18.2 Å². The third kappa shape index (κ3) is 4.81. The lowest BCUT2D eigenvalue weighted by molar-refractivity contribution is 0.00348. The third-order valence-electron chi connectivity index (χ3n) is 10.2. The number of para-hydroxylation sites is 1. The number of methoxy groups -OCH3 is 2. The lowest BCUT2D eigenvalue weighted by Crippen LogP contribution is -2.49. The van der Waals surface area contributed by atoms with E-state index in [0.717, 1.165) is 47.5 Å². The smallest absolute Gasteiger partial charge is 0.347 e. The van der Waals surface area contributed by atoms with Gasteiger partial charge in [-0.3, -0.25) is 9.36 Å². The van der Waals surface area contributed by atoms with E-state index in [2.05, 4.69) is 18.9 Å². The highest BCUT2D eigenvalue weighted by atomic mass is 16.5. The predicted molar refractivity (Wildman–Crippen MR) is 174 cm³/mol. The van der Waals surface area contributed by atoms with E-state index >= 15 is 0 Å². The van der Waals surface area contributed by atoms with Gasteiger partial charge in [0.1, 0.15) is 28.4 Å². The molecule has 12 nitrogen and oxygen atoms in total. The van der Waals surface area contributed by atoms with E-state index in [1.165, 1.54) is 7.11 Å². The standard InChI is InChI=1S/C21H20N2O4.C15H16N2O4/c1-20-11-21(12-20,13-26-20)23-10-14-8-16(18(25-2)9-17(14)22-23)19(24)27-15-6-4-3-5-7-15;1-14-6-15(7-14,8-21-14)17-5-9-3-10(13(18)19)12(20-2)4-11(9)16-17/h3-10H,11-13H2,1-2H3;3-5H,6-8H2,1-2H3,(H,18,19). The summed E-state index contributed by atoms with van der Waals surface area (Å²) in [5.74, 6) is -0.173. The van der Waals surface area contributed by atoms with Gasteiger partial charge in [-0.05, 0) is 38.1 Å². The predicted octanol–water partition coefficient (Wildman–Crippen LogP) is 5.56. The Hall–Kier alpha value is -4.94. The molecule has 4 bridgehead atoms. The molecule has 48 heavy (non-hydrogen) atoms. The van der Waals surface area contributed by atoms with Crippen molar-refractivity contribution in [1.82, 2.24) is 19.6 Å². The van der Waals surface area contributed by atoms with Crippen LogP contribution in [0.2, 0.25) is 0 Å². The Balaban J connectivity index is 0.000000145. The topological polar surface area (TPSA) is 136 Å². The molecule has 2 aliphatic carbocycles. The third-order valence-corrected chi connectivity index (χ3v) is 10.2. The first kappa shape index (κ1) is 30.4. The van der Waals surface area contributed by atoms with Crippen LogP contribution in [0.4, 0.5) is 0 Å². The first-order valence-electron chi connectivity index (χ1n) is 15.9. The van der Waals surface area contributed by atoms with Crippen LogP contribution in [-0.2, 0) is 20.6 Å². The van der Waals surface area contributed by atoms with Crippen molar-refractivity contribution in [1.29, 1.82) is 0 Å². The van der Waals surface area contributed by atoms with Crippen molar-refractivity contribution in [3.05, 3.63) is 78.1 Å². The van der Waals surface area contributed by atoms with Crippen molar-refractivity contribution in [3.63, 3.8) is 0 Å². The van der Waals surface area contributed by atoms with Gasteiger partial charge in [-0.2, -0.15) is 10.2 Å². The van der Waals surface area contributed by atoms with Crippen LogP contribution in [0.15, 0.2) is 67.0 Å². The van der Waals surface area contributed by atoms with Crippen LogP contribution in [0.5, 0.6) is 17.2 Å². The monoisotopic (exact) mass is 652 g/mol. The number of hydrogen-bond acceptors (Lipinski definition) is 9. The number of benzene rings is 3. The first-order chi connectivity index (χ1) is 22.9. The van der Waals surface area contributed by atoms with E-state index < -0.39 is 11.9 Å². The van der Waals surface area contributed by atoms with Crippen molar-refractivity contribution in [2.45, 2.75) is 61.8 Å². The Morgan fingerprint density at radius 2 is 1.23 bits per heavy atom. The van der Waals surface area contributed by atoms with Crippen LogP contribution in [0.1, 0.15) is 60.2 Å². The molecule has 6 aliphatic rings. The highest BCUT2D eigenvalue weighted by Gasteiger charge is 2.62. The van der Waals surface area contributed by atoms with E-state index in [1.54, 1.807) is 43.5 Å². The number of carbonyl (C=O) groups is 2. The molecule has 0 atom stereocenters. The van der Waals surface area contributed by atoms with Crippen molar-refractivity contribution in [2.75, 3.05) is 27.4 Å². The molecule has 0 amide bonds. The maximum absolute atomic E-state index is 12.7. The molecule has 1 N–H and O–H groups in total. The minimum Gasteiger partial charge on any atom is -0.496 e. The molecule has 0 spiro atoms. The van der Waals surface area contributed by atoms with Crippen LogP contribution in [0.25, 0.3) is 21.8 Å². The SMILES string of the molecule is COc1cc2nn(C34COC(C)(C3)C4)cc2cc1C(=O)O.COc1cc2nn(C34COC(C)(C3)C4)cc2cc1C(=O)Oc1ccccc1. The van der Waals surface area contributed by atoms with Crippen molar-refractivity contribution in [3.8, 4) is 17.2 Å². The number of esters is 1. The quantitative estimate of drug-likeness (QED) is 0.176. The molecular formula is C36H36N4O8. The molecule has 12 heteroatoms. The summed E-state index contributed by atoms with van der Waals surface area (Å²) in [6, 6.07) is 15.9. The second-order valence-electron chi connectivity index (χ2n) is 14.0. The van der Waals surface area contributed by atoms with Crippen LogP contribution in [0, 0.1) is 0 Å². The van der Waals surface area contributed by atoms with Gasteiger partial charge in [0.15, 0.2) is 0 Å². The van der Waals surface area contributed by atoms with Gasteiger partial charge in [-0.15, -0.1) is 0 Å². The number of aromatic nitrogens is 4. The highest BCUT2D eigenvalue weighted by Crippen LogP contribution is 2.56. The largest absolute Gasteiger partial charge is 0.496 e. The van der Waals surface area contributed by atoms with Crippen molar-refractivity contribution < 1.29 is 38.4 Å². The van der Waals surface area contributed by atoms with Gasteiger partial charge in [0.25, 0.3) is 0 Å². The fourth-order valence-electron chi connectivity index (χ4n) is 8.07. The number of ether oxygens (including phenoxy) is 5. The van der Waals surface area contributed by atoms with Crippen LogP contribution < -0.4 is 14.2 Å². The number of hydrogen-bond donors (Lipinski definition) is 1. The van der Waals surface area contributed by atoms with Crippen molar-refractivity contribution in [2.24, 2.45) is 0 Å². The molecule has 248 valence electrons. The average Bonchev–Trinajstić information content (AvgIpc) is 3.89. The summed E-state index contributed by atoms with van der Waals surface area (Å²) in [6.07, 6.45) is 7.74. The molecule has 0 unspecified atom stereocenters. The molecular weight excluding hydrogens is 616 g/mol. The molecule has 0 radical (unpaired) electrons. The second kappa shape index (κ2) is 10.5. The molecule has 6 heterocycles. The summed E-state index contributed by atoms with van der Waals surface area (Å²) in [4.78, 5) is 23.9. The number of nitrogens with zero attached hydrogens (tertiary/aromatic N) is 4. The molecule has 4 aliphatic heterocycles. The van der Waals surface area contributed by atoms with E-state index in [4.69, 9.17) is 28.8 Å². The minimum atomic E-state index is -1.000. The van der Waals surface area contributed by atoms with Crippen LogP contribution in [-0.4, -0.2) is 75.2 Å². The Labute approximate surface area is 276 Å². The maximum atomic E-state index is 12.7. The Morgan fingerprint density at radius 3 is 1.67 bits per heavy atom. The Bertz CT molecular complexity index is 2090. The zero-order chi connectivity index (χ0) is 33.5. The molecule has 4 saturated heterocycles. The molecule has 5 aromatic rings. The number of carboxylic acids is 1. The van der Waals surface area contributed by atoms with E-state index in [9.17, 15) is 14.7 Å². The summed E-state index contributed by atoms with van der Waals surface area (Å²) >= 11 is 0. The van der Waals surface area contributed by atoms with Crippen LogP contribution >= 0.6 is 0 Å². The van der Waals surface area contributed by atoms with E-state index in [1.807, 2.05) is 40.0 Å². The molecule has 3 aromatic carbocycles. The fraction of sp³-hybridized carbons (Fsp3) is 0.389. The minimum absolute atomic E-state index is 0.0119. The number of aromatic carboxylic acids is 1. The summed E-state index contributed by atoms with van der Waals surface area (Å²) in [5, 5.41) is 20.3. The van der Waals surface area contributed by atoms with Gasteiger partial charge < -0.3 is 28.8 Å². The van der Waals surface area contributed by atoms with E-state index in [-0.39, 0.29) is 27.8 Å². The number of carboxylic acid groups (broad SMARTS) is 1. The molecule has 2 aromatic heterocycles. The lowest BCUT2D eigenvalue weighted by atomic mass is 9.69. The summed E-state index contributed by atoms with van der Waals surface area (Å²) in [7, 11) is 3.00. The number of rotatable bonds is 7. The van der Waals surface area contributed by atoms with Gasteiger partial charge >= 0.3 is 11.9 Å². The highest BCUT2D eigenvalue weighted by molar-refractivity contribution is 5.99. The summed E-state index contributed by atoms with van der Waals surface area (Å²) in [6.45, 7) is 5.60. The number of carbonyl (C=O) groups excluding carboxylic acids is 1. The van der Waals surface area contributed by atoms with Crippen molar-refractivity contribution >= 4 is 33.7 Å². The van der Waals surface area contributed by atoms with Crippen LogP contribution in [0.3, 0.4) is 0 Å². The molecule has 11 rings (SSSR count). The fourth-order valence-corrected chi connectivity index (χ4v) is 8.07. The average molecular weight is 653 g/mol. The molecule has 6 fully saturated rings. The Morgan fingerprint density at radius 1 is 0.750 bits per heavy atom. The van der Waals surface area contributed by atoms with Gasteiger partial charge in [-0.25, -0.2) is 9.59 Å². The second-order valence-corrected chi connectivity index (χ2v) is 14.0. The molecule has 2 saturated carbocycles. The summed E-state index contributed by atoms with van der Waals surface area (Å²) in [5.41, 5.74) is 1.92. The number of fused-ring (bicyclic) bond motifs is 4. The first-order valence-corrected chi connectivity index (χ1v) is 15.9. The zero-order valence-corrected chi connectivity index (χ0v) is 27.2. The zero-order valence-electron chi connectivity index (χ0n) is 27.2. The van der Waals surface area contributed by atoms with E-state index in [0.29, 0.717) is 36.0 Å². The summed E-state index contributed by atoms with van der Waals surface area (Å²) < 4.78 is 31.7. The Kier molecular flexibility index (Phi) is 6.67. The van der Waals surface area contributed by atoms with Gasteiger partial charge in [0.05, 0.1) is 60.7 Å². The maximum Gasteiger partial charge on any atom is 0.347 e. The lowest BCUT2D eigenvalue weighted by Gasteiger charge is -2.42. The normalized spacial score (nSPS) is 27.9. The van der Waals surface area contributed by atoms with Gasteiger partial charge in [0, 0.05) is 61.0 Å².